The van der Waals surface area contributed by atoms with E-state index in [2.05, 4.69) is 20.2 Å². The molecule has 0 spiro atoms. The maximum absolute atomic E-state index is 9.02. The molecule has 0 unspecified atom stereocenters. The molecule has 5 nitrogen and oxygen atoms in total. The predicted octanol–water partition coefficient (Wildman–Crippen LogP) is 0.572. The van der Waals surface area contributed by atoms with Crippen molar-refractivity contribution in [1.29, 1.82) is 0 Å². The van der Waals surface area contributed by atoms with Gasteiger partial charge >= 0.3 is 0 Å². The van der Waals surface area contributed by atoms with Gasteiger partial charge in [-0.15, -0.1) is 0 Å². The van der Waals surface area contributed by atoms with Crippen LogP contribution < -0.4 is 0 Å². The lowest BCUT2D eigenvalue weighted by molar-refractivity contribution is 0.452. The molecular weight excluding hydrogens is 156 g/mol. The van der Waals surface area contributed by atoms with Gasteiger partial charge in [-0.25, -0.2) is 4.98 Å². The van der Waals surface area contributed by atoms with E-state index in [1.807, 2.05) is 0 Å². The molecule has 12 heavy (non-hydrogen) atoms. The second-order valence-electron chi connectivity index (χ2n) is 2.20. The van der Waals surface area contributed by atoms with Crippen LogP contribution in [0.25, 0.3) is 11.5 Å². The number of hydrogen-bond acceptors (Lipinski definition) is 4. The minimum absolute atomic E-state index is 0.0528. The van der Waals surface area contributed by atoms with Gasteiger partial charge in [-0.05, 0) is 6.07 Å². The summed E-state index contributed by atoms with van der Waals surface area (Å²) in [5, 5.41) is 15.5. The molecule has 0 saturated carbocycles. The zero-order valence-electron chi connectivity index (χ0n) is 6.10. The Labute approximate surface area is 68.1 Å². The fourth-order valence-corrected chi connectivity index (χ4v) is 0.857. The highest BCUT2D eigenvalue weighted by molar-refractivity contribution is 5.47. The molecule has 0 aliphatic carbocycles. The first-order valence-corrected chi connectivity index (χ1v) is 3.38. The van der Waals surface area contributed by atoms with Crippen molar-refractivity contribution in [3.8, 4) is 17.4 Å². The molecule has 0 saturated heterocycles. The van der Waals surface area contributed by atoms with Crippen LogP contribution in [0.1, 0.15) is 0 Å². The number of aromatic nitrogens is 4. The third-order valence-electron chi connectivity index (χ3n) is 1.37. The van der Waals surface area contributed by atoms with Crippen molar-refractivity contribution >= 4 is 0 Å². The molecule has 0 fully saturated rings. The number of aromatic hydroxyl groups is 1. The molecule has 2 N–H and O–H groups in total. The van der Waals surface area contributed by atoms with E-state index >= 15 is 0 Å². The van der Waals surface area contributed by atoms with Gasteiger partial charge in [-0.1, -0.05) is 0 Å². The van der Waals surface area contributed by atoms with Crippen LogP contribution in [0.15, 0.2) is 24.5 Å². The molecule has 60 valence electrons. The zero-order chi connectivity index (χ0) is 8.39. The summed E-state index contributed by atoms with van der Waals surface area (Å²) in [7, 11) is 0. The normalized spacial score (nSPS) is 10.0. The van der Waals surface area contributed by atoms with Gasteiger partial charge in [0.2, 0.25) is 5.88 Å². The lowest BCUT2D eigenvalue weighted by Gasteiger charge is -1.93. The molecule has 0 amide bonds. The van der Waals surface area contributed by atoms with Crippen molar-refractivity contribution in [2.24, 2.45) is 0 Å². The molecule has 0 bridgehead atoms. The molecular formula is C7H6N4O. The molecule has 2 aromatic heterocycles. The van der Waals surface area contributed by atoms with Crippen molar-refractivity contribution in [1.82, 2.24) is 20.2 Å². The second-order valence-corrected chi connectivity index (χ2v) is 2.20. The number of aromatic amines is 1. The largest absolute Gasteiger partial charge is 0.493 e. The highest BCUT2D eigenvalue weighted by atomic mass is 16.3. The van der Waals surface area contributed by atoms with Crippen LogP contribution in [0.5, 0.6) is 5.88 Å². The van der Waals surface area contributed by atoms with Crippen LogP contribution in [-0.4, -0.2) is 25.3 Å². The maximum atomic E-state index is 9.02. The highest BCUT2D eigenvalue weighted by Gasteiger charge is 2.02. The van der Waals surface area contributed by atoms with E-state index in [-0.39, 0.29) is 5.88 Å². The first-order chi connectivity index (χ1) is 5.86. The number of nitrogens with one attached hydrogen (secondary N) is 1. The summed E-state index contributed by atoms with van der Waals surface area (Å²) in [6, 6.07) is 3.14. The van der Waals surface area contributed by atoms with Crippen molar-refractivity contribution < 1.29 is 5.11 Å². The zero-order valence-corrected chi connectivity index (χ0v) is 6.10. The van der Waals surface area contributed by atoms with Crippen LogP contribution in [0, 0.1) is 0 Å². The Morgan fingerprint density at radius 1 is 1.33 bits per heavy atom. The van der Waals surface area contributed by atoms with Crippen molar-refractivity contribution in [3.05, 3.63) is 24.5 Å². The lowest BCUT2D eigenvalue weighted by atomic mass is 10.4. The van der Waals surface area contributed by atoms with E-state index in [4.69, 9.17) is 5.11 Å². The fraction of sp³-hybridized carbons (Fsp3) is 0. The Kier molecular flexibility index (Phi) is 1.48. The van der Waals surface area contributed by atoms with Crippen LogP contribution >= 0.6 is 0 Å². The third kappa shape index (κ3) is 1.12. The fourth-order valence-electron chi connectivity index (χ4n) is 0.857. The van der Waals surface area contributed by atoms with E-state index in [9.17, 15) is 0 Å². The number of rotatable bonds is 1. The molecule has 2 aromatic rings. The monoisotopic (exact) mass is 162 g/mol. The summed E-state index contributed by atoms with van der Waals surface area (Å²) in [4.78, 5) is 7.71. The summed E-state index contributed by atoms with van der Waals surface area (Å²) in [5.41, 5.74) is 0.617. The van der Waals surface area contributed by atoms with Gasteiger partial charge in [0.05, 0.1) is 0 Å². The average Bonchev–Trinajstić information content (AvgIpc) is 2.56. The first kappa shape index (κ1) is 6.78. The Morgan fingerprint density at radius 2 is 2.25 bits per heavy atom. The molecule has 0 aliphatic rings. The highest BCUT2D eigenvalue weighted by Crippen LogP contribution is 2.12. The smallest absolute Gasteiger partial charge is 0.214 e. The van der Waals surface area contributed by atoms with E-state index < -0.39 is 0 Å². The van der Waals surface area contributed by atoms with Gasteiger partial charge in [0, 0.05) is 18.5 Å². The number of hydrogen-bond donors (Lipinski definition) is 2. The van der Waals surface area contributed by atoms with Gasteiger partial charge in [-0.3, -0.25) is 5.10 Å². The number of H-pyrrole nitrogens is 1. The number of nitrogens with zero attached hydrogens (tertiary/aromatic N) is 3. The Bertz CT molecular complexity index is 371. The topological polar surface area (TPSA) is 74.7 Å². The quantitative estimate of drug-likeness (QED) is 0.642. The van der Waals surface area contributed by atoms with E-state index in [1.165, 1.54) is 12.3 Å². The SMILES string of the molecule is Oc1ccnc(-c2cc[nH]n2)n1. The second kappa shape index (κ2) is 2.61. The molecule has 0 atom stereocenters. The van der Waals surface area contributed by atoms with Crippen LogP contribution in [-0.2, 0) is 0 Å². The van der Waals surface area contributed by atoms with Crippen molar-refractivity contribution in [2.45, 2.75) is 0 Å². The molecule has 2 rings (SSSR count). The van der Waals surface area contributed by atoms with Crippen LogP contribution in [0.4, 0.5) is 0 Å². The molecule has 2 heterocycles. The molecule has 0 aliphatic heterocycles. The summed E-state index contributed by atoms with van der Waals surface area (Å²) >= 11 is 0. The summed E-state index contributed by atoms with van der Waals surface area (Å²) in [5.74, 6) is 0.360. The van der Waals surface area contributed by atoms with Gasteiger partial charge < -0.3 is 5.11 Å². The third-order valence-corrected chi connectivity index (χ3v) is 1.37. The molecule has 5 heteroatoms. The van der Waals surface area contributed by atoms with Gasteiger partial charge in [-0.2, -0.15) is 10.1 Å². The van der Waals surface area contributed by atoms with Gasteiger partial charge in [0.15, 0.2) is 5.82 Å². The van der Waals surface area contributed by atoms with Crippen LogP contribution in [0.3, 0.4) is 0 Å². The van der Waals surface area contributed by atoms with E-state index in [0.29, 0.717) is 11.5 Å². The lowest BCUT2D eigenvalue weighted by Crippen LogP contribution is -1.87. The minimum Gasteiger partial charge on any atom is -0.493 e. The Balaban J connectivity index is 2.48. The Morgan fingerprint density at radius 3 is 2.92 bits per heavy atom. The predicted molar refractivity (Wildman–Crippen MR) is 41.3 cm³/mol. The van der Waals surface area contributed by atoms with Gasteiger partial charge in [0.25, 0.3) is 0 Å². The summed E-state index contributed by atoms with van der Waals surface area (Å²) in [6.07, 6.45) is 3.15. The van der Waals surface area contributed by atoms with E-state index in [0.717, 1.165) is 0 Å². The van der Waals surface area contributed by atoms with E-state index in [1.54, 1.807) is 12.3 Å². The summed E-state index contributed by atoms with van der Waals surface area (Å²) in [6.45, 7) is 0. The van der Waals surface area contributed by atoms with Crippen LogP contribution in [0.2, 0.25) is 0 Å². The summed E-state index contributed by atoms with van der Waals surface area (Å²) < 4.78 is 0. The average molecular weight is 162 g/mol. The maximum Gasteiger partial charge on any atom is 0.214 e. The molecule has 0 radical (unpaired) electrons. The van der Waals surface area contributed by atoms with Crippen molar-refractivity contribution in [3.63, 3.8) is 0 Å². The Hall–Kier alpha value is -1.91. The van der Waals surface area contributed by atoms with Crippen molar-refractivity contribution in [2.75, 3.05) is 0 Å². The standard InChI is InChI=1S/C7H6N4O/c12-6-2-3-8-7(10-6)5-1-4-9-11-5/h1-4H,(H,9,11)(H,8,10,12). The first-order valence-electron chi connectivity index (χ1n) is 3.38. The van der Waals surface area contributed by atoms with Gasteiger partial charge in [0.1, 0.15) is 5.69 Å². The molecule has 0 aromatic carbocycles. The minimum atomic E-state index is -0.0528.